The molecular weight excluding hydrogens is 250 g/mol. The zero-order chi connectivity index (χ0) is 13.0. The number of benzene rings is 1. The van der Waals surface area contributed by atoms with E-state index in [0.29, 0.717) is 13.0 Å². The van der Waals surface area contributed by atoms with Gasteiger partial charge in [-0.05, 0) is 30.0 Å². The summed E-state index contributed by atoms with van der Waals surface area (Å²) in [6.07, 6.45) is 2.31. The molecule has 5 heteroatoms. The molecule has 100 valence electrons. The van der Waals surface area contributed by atoms with Crippen molar-refractivity contribution in [3.63, 3.8) is 0 Å². The Hall–Kier alpha value is -1.07. The van der Waals surface area contributed by atoms with Crippen molar-refractivity contribution in [2.24, 2.45) is 0 Å². The maximum atomic E-state index is 11.5. The summed E-state index contributed by atoms with van der Waals surface area (Å²) in [6, 6.07) is 6.08. The molecular formula is C13H19NO3S. The van der Waals surface area contributed by atoms with Crippen molar-refractivity contribution < 1.29 is 13.2 Å². The second kappa shape index (κ2) is 5.71. The van der Waals surface area contributed by atoms with Crippen molar-refractivity contribution in [1.82, 2.24) is 4.72 Å². The van der Waals surface area contributed by atoms with Crippen molar-refractivity contribution in [2.45, 2.75) is 26.2 Å². The van der Waals surface area contributed by atoms with E-state index in [1.807, 2.05) is 19.1 Å². The van der Waals surface area contributed by atoms with E-state index < -0.39 is 10.0 Å². The molecule has 1 N–H and O–H groups in total. The molecule has 0 atom stereocenters. The highest BCUT2D eigenvalue weighted by Crippen LogP contribution is 2.25. The van der Waals surface area contributed by atoms with Gasteiger partial charge in [0.05, 0.1) is 12.4 Å². The van der Waals surface area contributed by atoms with E-state index in [0.717, 1.165) is 30.8 Å². The maximum absolute atomic E-state index is 11.5. The Morgan fingerprint density at radius 3 is 3.00 bits per heavy atom. The van der Waals surface area contributed by atoms with Gasteiger partial charge in [0.15, 0.2) is 0 Å². The molecule has 0 radical (unpaired) electrons. The predicted molar refractivity (Wildman–Crippen MR) is 71.4 cm³/mol. The van der Waals surface area contributed by atoms with Crippen LogP contribution in [-0.2, 0) is 22.9 Å². The number of fused-ring (bicyclic) bond motifs is 1. The van der Waals surface area contributed by atoms with Crippen molar-refractivity contribution >= 4 is 10.0 Å². The monoisotopic (exact) mass is 269 g/mol. The van der Waals surface area contributed by atoms with Gasteiger partial charge < -0.3 is 4.74 Å². The summed E-state index contributed by atoms with van der Waals surface area (Å²) >= 11 is 0. The number of hydrogen-bond donors (Lipinski definition) is 1. The van der Waals surface area contributed by atoms with Gasteiger partial charge in [0.2, 0.25) is 10.0 Å². The van der Waals surface area contributed by atoms with Crippen LogP contribution in [0.5, 0.6) is 5.75 Å². The van der Waals surface area contributed by atoms with Gasteiger partial charge in [-0.2, -0.15) is 0 Å². The largest absolute Gasteiger partial charge is 0.493 e. The van der Waals surface area contributed by atoms with E-state index >= 15 is 0 Å². The average molecular weight is 269 g/mol. The van der Waals surface area contributed by atoms with E-state index in [2.05, 4.69) is 10.8 Å². The fourth-order valence-electron chi connectivity index (χ4n) is 2.09. The molecule has 18 heavy (non-hydrogen) atoms. The van der Waals surface area contributed by atoms with Crippen molar-refractivity contribution in [1.29, 1.82) is 0 Å². The maximum Gasteiger partial charge on any atom is 0.211 e. The summed E-state index contributed by atoms with van der Waals surface area (Å²) in [5.41, 5.74) is 2.38. The molecule has 0 fully saturated rings. The molecule has 1 aliphatic heterocycles. The second-order valence-corrected chi connectivity index (χ2v) is 6.43. The molecule has 1 aliphatic rings. The molecule has 2 rings (SSSR count). The average Bonchev–Trinajstić information content (AvgIpc) is 2.75. The fraction of sp³-hybridized carbons (Fsp3) is 0.538. The van der Waals surface area contributed by atoms with Gasteiger partial charge in [0.25, 0.3) is 0 Å². The summed E-state index contributed by atoms with van der Waals surface area (Å²) in [7, 11) is -3.09. The quantitative estimate of drug-likeness (QED) is 0.851. The summed E-state index contributed by atoms with van der Waals surface area (Å²) in [5, 5.41) is 0. The van der Waals surface area contributed by atoms with Gasteiger partial charge in [-0.3, -0.25) is 0 Å². The van der Waals surface area contributed by atoms with Crippen molar-refractivity contribution in [2.75, 3.05) is 18.9 Å². The number of hydrogen-bond acceptors (Lipinski definition) is 3. The Balaban J connectivity index is 1.87. The Labute approximate surface area is 108 Å². The number of ether oxygens (including phenoxy) is 1. The van der Waals surface area contributed by atoms with Gasteiger partial charge in [0, 0.05) is 13.0 Å². The molecule has 0 saturated heterocycles. The van der Waals surface area contributed by atoms with E-state index in [4.69, 9.17) is 4.74 Å². The standard InChI is InChI=1S/C13H19NO3S/c1-2-9-18(15,16)14-7-5-11-3-4-13-12(10-11)6-8-17-13/h3-4,10,14H,2,5-9H2,1H3. The molecule has 0 aromatic heterocycles. The fourth-order valence-corrected chi connectivity index (χ4v) is 3.18. The third kappa shape index (κ3) is 3.46. The third-order valence-corrected chi connectivity index (χ3v) is 4.55. The zero-order valence-electron chi connectivity index (χ0n) is 10.6. The van der Waals surface area contributed by atoms with Crippen LogP contribution in [0.3, 0.4) is 0 Å². The van der Waals surface area contributed by atoms with Gasteiger partial charge in [-0.15, -0.1) is 0 Å². The molecule has 0 saturated carbocycles. The van der Waals surface area contributed by atoms with Gasteiger partial charge in [-0.1, -0.05) is 19.1 Å². The molecule has 0 unspecified atom stereocenters. The minimum Gasteiger partial charge on any atom is -0.493 e. The van der Waals surface area contributed by atoms with E-state index in [9.17, 15) is 8.42 Å². The summed E-state index contributed by atoms with van der Waals surface area (Å²) in [5.74, 6) is 1.16. The topological polar surface area (TPSA) is 55.4 Å². The van der Waals surface area contributed by atoms with E-state index in [1.165, 1.54) is 5.56 Å². The molecule has 1 heterocycles. The summed E-state index contributed by atoms with van der Waals surface area (Å²) in [4.78, 5) is 0. The summed E-state index contributed by atoms with van der Waals surface area (Å²) in [6.45, 7) is 3.07. The SMILES string of the molecule is CCCS(=O)(=O)NCCc1ccc2c(c1)CCO2. The second-order valence-electron chi connectivity index (χ2n) is 4.50. The number of nitrogens with one attached hydrogen (secondary N) is 1. The van der Waals surface area contributed by atoms with Crippen LogP contribution < -0.4 is 9.46 Å². The number of rotatable bonds is 6. The first-order valence-corrected chi connectivity index (χ1v) is 7.98. The Morgan fingerprint density at radius 1 is 1.39 bits per heavy atom. The molecule has 0 aliphatic carbocycles. The van der Waals surface area contributed by atoms with E-state index in [-0.39, 0.29) is 5.75 Å². The normalized spacial score (nSPS) is 14.3. The van der Waals surface area contributed by atoms with Gasteiger partial charge in [0.1, 0.15) is 5.75 Å². The highest BCUT2D eigenvalue weighted by Gasteiger charge is 2.12. The third-order valence-electron chi connectivity index (χ3n) is 2.96. The lowest BCUT2D eigenvalue weighted by molar-refractivity contribution is 0.357. The van der Waals surface area contributed by atoms with Crippen LogP contribution in [0.25, 0.3) is 0 Å². The minimum absolute atomic E-state index is 0.199. The number of sulfonamides is 1. The lowest BCUT2D eigenvalue weighted by atomic mass is 10.1. The van der Waals surface area contributed by atoms with Crippen LogP contribution in [0.15, 0.2) is 18.2 Å². The molecule has 0 bridgehead atoms. The zero-order valence-corrected chi connectivity index (χ0v) is 11.4. The first-order chi connectivity index (χ1) is 8.61. The lowest BCUT2D eigenvalue weighted by Gasteiger charge is -2.06. The van der Waals surface area contributed by atoms with Crippen LogP contribution >= 0.6 is 0 Å². The predicted octanol–water partition coefficient (Wildman–Crippen LogP) is 1.49. The van der Waals surface area contributed by atoms with Crippen LogP contribution in [0.2, 0.25) is 0 Å². The first kappa shape index (κ1) is 13.4. The van der Waals surface area contributed by atoms with Crippen LogP contribution in [-0.4, -0.2) is 27.3 Å². The smallest absolute Gasteiger partial charge is 0.211 e. The van der Waals surface area contributed by atoms with Crippen molar-refractivity contribution in [3.05, 3.63) is 29.3 Å². The molecule has 0 amide bonds. The van der Waals surface area contributed by atoms with Crippen LogP contribution in [0, 0.1) is 0 Å². The minimum atomic E-state index is -3.09. The van der Waals surface area contributed by atoms with Crippen molar-refractivity contribution in [3.8, 4) is 5.75 Å². The summed E-state index contributed by atoms with van der Waals surface area (Å²) < 4.78 is 31.0. The lowest BCUT2D eigenvalue weighted by Crippen LogP contribution is -2.28. The molecule has 1 aromatic rings. The highest BCUT2D eigenvalue weighted by molar-refractivity contribution is 7.89. The van der Waals surface area contributed by atoms with E-state index in [1.54, 1.807) is 0 Å². The Kier molecular flexibility index (Phi) is 4.24. The Bertz CT molecular complexity index is 511. The highest BCUT2D eigenvalue weighted by atomic mass is 32.2. The van der Waals surface area contributed by atoms with Crippen LogP contribution in [0.1, 0.15) is 24.5 Å². The van der Waals surface area contributed by atoms with Gasteiger partial charge in [-0.25, -0.2) is 13.1 Å². The van der Waals surface area contributed by atoms with Gasteiger partial charge >= 0.3 is 0 Å². The first-order valence-electron chi connectivity index (χ1n) is 6.32. The van der Waals surface area contributed by atoms with Crippen LogP contribution in [0.4, 0.5) is 0 Å². The molecule has 4 nitrogen and oxygen atoms in total. The Morgan fingerprint density at radius 2 is 2.22 bits per heavy atom. The molecule has 1 aromatic carbocycles. The molecule has 0 spiro atoms.